The first-order valence-corrected chi connectivity index (χ1v) is 5.17. The average molecular weight is 172 g/mol. The number of aliphatic hydroxyl groups is 1. The van der Waals surface area contributed by atoms with Crippen molar-refractivity contribution in [1.82, 2.24) is 0 Å². The van der Waals surface area contributed by atoms with E-state index in [4.69, 9.17) is 0 Å². The van der Waals surface area contributed by atoms with Gasteiger partial charge in [-0.1, -0.05) is 41.0 Å². The van der Waals surface area contributed by atoms with Crippen molar-refractivity contribution in [1.29, 1.82) is 0 Å². The SMILES string of the molecule is CCC(C)C(C)C(O)CC(C)C. The fraction of sp³-hybridized carbons (Fsp3) is 1.00. The molecule has 0 aliphatic heterocycles. The van der Waals surface area contributed by atoms with E-state index in [1.165, 1.54) is 0 Å². The Morgan fingerprint density at radius 1 is 1.08 bits per heavy atom. The van der Waals surface area contributed by atoms with Gasteiger partial charge in [0.15, 0.2) is 0 Å². The molecule has 74 valence electrons. The van der Waals surface area contributed by atoms with Gasteiger partial charge < -0.3 is 5.11 Å². The van der Waals surface area contributed by atoms with E-state index >= 15 is 0 Å². The predicted octanol–water partition coefficient (Wildman–Crippen LogP) is 3.08. The second-order valence-corrected chi connectivity index (χ2v) is 4.44. The second kappa shape index (κ2) is 5.58. The second-order valence-electron chi connectivity index (χ2n) is 4.44. The third-order valence-corrected chi connectivity index (χ3v) is 2.86. The standard InChI is InChI=1S/C11H24O/c1-6-9(4)10(5)11(12)7-8(2)3/h8-12H,6-7H2,1-5H3. The quantitative estimate of drug-likeness (QED) is 0.675. The van der Waals surface area contributed by atoms with Crippen molar-refractivity contribution < 1.29 is 5.11 Å². The topological polar surface area (TPSA) is 20.2 Å². The van der Waals surface area contributed by atoms with Crippen LogP contribution >= 0.6 is 0 Å². The van der Waals surface area contributed by atoms with E-state index in [-0.39, 0.29) is 6.10 Å². The van der Waals surface area contributed by atoms with Crippen molar-refractivity contribution in [3.05, 3.63) is 0 Å². The molecule has 0 saturated carbocycles. The minimum Gasteiger partial charge on any atom is -0.393 e. The van der Waals surface area contributed by atoms with Crippen LogP contribution in [0.5, 0.6) is 0 Å². The molecule has 1 N–H and O–H groups in total. The summed E-state index contributed by atoms with van der Waals surface area (Å²) in [6.07, 6.45) is 1.99. The van der Waals surface area contributed by atoms with Gasteiger partial charge in [-0.2, -0.15) is 0 Å². The maximum atomic E-state index is 9.79. The van der Waals surface area contributed by atoms with E-state index < -0.39 is 0 Å². The molecule has 12 heavy (non-hydrogen) atoms. The summed E-state index contributed by atoms with van der Waals surface area (Å²) in [4.78, 5) is 0. The molecule has 1 heteroatoms. The Labute approximate surface area is 77.2 Å². The minimum absolute atomic E-state index is 0.111. The Morgan fingerprint density at radius 2 is 1.58 bits per heavy atom. The summed E-state index contributed by atoms with van der Waals surface area (Å²) in [5.74, 6) is 1.68. The fourth-order valence-electron chi connectivity index (χ4n) is 1.45. The molecule has 0 fully saturated rings. The largest absolute Gasteiger partial charge is 0.393 e. The highest BCUT2D eigenvalue weighted by Crippen LogP contribution is 2.22. The molecule has 0 bridgehead atoms. The van der Waals surface area contributed by atoms with Gasteiger partial charge in [0.1, 0.15) is 0 Å². The molecule has 0 aromatic carbocycles. The Hall–Kier alpha value is -0.0400. The fourth-order valence-corrected chi connectivity index (χ4v) is 1.45. The van der Waals surface area contributed by atoms with Gasteiger partial charge in [0.05, 0.1) is 6.10 Å². The molecule has 0 aromatic heterocycles. The summed E-state index contributed by atoms with van der Waals surface area (Å²) >= 11 is 0. The van der Waals surface area contributed by atoms with Gasteiger partial charge in [0.25, 0.3) is 0 Å². The molecule has 3 atom stereocenters. The molecule has 0 heterocycles. The molecule has 0 spiro atoms. The Bertz CT molecular complexity index is 110. The first-order valence-electron chi connectivity index (χ1n) is 5.17. The van der Waals surface area contributed by atoms with E-state index in [9.17, 15) is 5.11 Å². The maximum absolute atomic E-state index is 9.79. The lowest BCUT2D eigenvalue weighted by molar-refractivity contribution is 0.0674. The lowest BCUT2D eigenvalue weighted by atomic mass is 9.85. The van der Waals surface area contributed by atoms with Crippen LogP contribution in [0.2, 0.25) is 0 Å². The van der Waals surface area contributed by atoms with Gasteiger partial charge in [-0.15, -0.1) is 0 Å². The third kappa shape index (κ3) is 4.10. The summed E-state index contributed by atoms with van der Waals surface area (Å²) in [5.41, 5.74) is 0. The molecule has 0 rings (SSSR count). The number of hydrogen-bond donors (Lipinski definition) is 1. The normalized spacial score (nSPS) is 19.2. The van der Waals surface area contributed by atoms with Crippen molar-refractivity contribution in [2.45, 2.75) is 53.6 Å². The minimum atomic E-state index is -0.111. The van der Waals surface area contributed by atoms with Gasteiger partial charge >= 0.3 is 0 Å². The monoisotopic (exact) mass is 172 g/mol. The van der Waals surface area contributed by atoms with Crippen molar-refractivity contribution in [2.75, 3.05) is 0 Å². The zero-order valence-corrected chi connectivity index (χ0v) is 9.17. The molecular weight excluding hydrogens is 148 g/mol. The number of hydrogen-bond acceptors (Lipinski definition) is 1. The molecule has 0 aromatic rings. The first-order chi connectivity index (χ1) is 5.49. The van der Waals surface area contributed by atoms with Gasteiger partial charge in [-0.05, 0) is 24.2 Å². The smallest absolute Gasteiger partial charge is 0.0570 e. The molecule has 0 radical (unpaired) electrons. The van der Waals surface area contributed by atoms with Crippen molar-refractivity contribution >= 4 is 0 Å². The third-order valence-electron chi connectivity index (χ3n) is 2.86. The highest BCUT2D eigenvalue weighted by Gasteiger charge is 2.19. The van der Waals surface area contributed by atoms with Crippen molar-refractivity contribution in [2.24, 2.45) is 17.8 Å². The summed E-state index contributed by atoms with van der Waals surface area (Å²) in [6.45, 7) is 10.9. The van der Waals surface area contributed by atoms with Crippen LogP contribution in [0.4, 0.5) is 0 Å². The van der Waals surface area contributed by atoms with Gasteiger partial charge in [-0.3, -0.25) is 0 Å². The highest BCUT2D eigenvalue weighted by atomic mass is 16.3. The van der Waals surface area contributed by atoms with Crippen molar-refractivity contribution in [3.63, 3.8) is 0 Å². The Morgan fingerprint density at radius 3 is 1.92 bits per heavy atom. The summed E-state index contributed by atoms with van der Waals surface area (Å²) in [5, 5.41) is 9.79. The van der Waals surface area contributed by atoms with Gasteiger partial charge in [0.2, 0.25) is 0 Å². The van der Waals surface area contributed by atoms with E-state index in [1.807, 2.05) is 0 Å². The molecular formula is C11H24O. The van der Waals surface area contributed by atoms with Crippen LogP contribution in [0.1, 0.15) is 47.5 Å². The molecule has 0 saturated heterocycles. The van der Waals surface area contributed by atoms with Crippen LogP contribution in [-0.4, -0.2) is 11.2 Å². The van der Waals surface area contributed by atoms with Crippen LogP contribution in [-0.2, 0) is 0 Å². The van der Waals surface area contributed by atoms with Crippen LogP contribution in [0.25, 0.3) is 0 Å². The summed E-state index contributed by atoms with van der Waals surface area (Å²) < 4.78 is 0. The number of rotatable bonds is 5. The molecule has 1 nitrogen and oxygen atoms in total. The molecule has 0 amide bonds. The number of aliphatic hydroxyl groups excluding tert-OH is 1. The zero-order chi connectivity index (χ0) is 9.72. The summed E-state index contributed by atoms with van der Waals surface area (Å²) in [6, 6.07) is 0. The lowest BCUT2D eigenvalue weighted by Gasteiger charge is -2.25. The zero-order valence-electron chi connectivity index (χ0n) is 9.17. The maximum Gasteiger partial charge on any atom is 0.0570 e. The lowest BCUT2D eigenvalue weighted by Crippen LogP contribution is -2.24. The van der Waals surface area contributed by atoms with E-state index in [0.29, 0.717) is 17.8 Å². The highest BCUT2D eigenvalue weighted by molar-refractivity contribution is 4.70. The predicted molar refractivity (Wildman–Crippen MR) is 54.1 cm³/mol. The molecule has 0 aliphatic carbocycles. The van der Waals surface area contributed by atoms with E-state index in [1.54, 1.807) is 0 Å². The van der Waals surface area contributed by atoms with Crippen LogP contribution in [0, 0.1) is 17.8 Å². The molecule has 0 aliphatic rings. The van der Waals surface area contributed by atoms with E-state index in [2.05, 4.69) is 34.6 Å². The van der Waals surface area contributed by atoms with Crippen LogP contribution < -0.4 is 0 Å². The summed E-state index contributed by atoms with van der Waals surface area (Å²) in [7, 11) is 0. The van der Waals surface area contributed by atoms with E-state index in [0.717, 1.165) is 12.8 Å². The van der Waals surface area contributed by atoms with Crippen LogP contribution in [0.3, 0.4) is 0 Å². The molecule has 3 unspecified atom stereocenters. The Kier molecular flexibility index (Phi) is 5.56. The Balaban J connectivity index is 3.83. The average Bonchev–Trinajstić information content (AvgIpc) is 2.00. The first kappa shape index (κ1) is 12.0. The van der Waals surface area contributed by atoms with Crippen LogP contribution in [0.15, 0.2) is 0 Å². The van der Waals surface area contributed by atoms with Crippen molar-refractivity contribution in [3.8, 4) is 0 Å². The van der Waals surface area contributed by atoms with Gasteiger partial charge in [-0.25, -0.2) is 0 Å². The van der Waals surface area contributed by atoms with Gasteiger partial charge in [0, 0.05) is 0 Å².